The Bertz CT molecular complexity index is 709. The van der Waals surface area contributed by atoms with Crippen LogP contribution >= 0.6 is 0 Å². The first-order valence-corrected chi connectivity index (χ1v) is 15.9. The molecule has 0 radical (unpaired) electrons. The van der Waals surface area contributed by atoms with Gasteiger partial charge in [-0.25, -0.2) is 10.1 Å². The summed E-state index contributed by atoms with van der Waals surface area (Å²) < 4.78 is 43.1. The van der Waals surface area contributed by atoms with Crippen LogP contribution in [0.1, 0.15) is 123 Å². The largest absolute Gasteiger partial charge is 0.465 e. The molecule has 10 heteroatoms. The van der Waals surface area contributed by atoms with Crippen molar-refractivity contribution in [2.75, 3.05) is 19.8 Å². The minimum atomic E-state index is -4.91. The van der Waals surface area contributed by atoms with Crippen LogP contribution in [0.2, 0.25) is 0 Å². The van der Waals surface area contributed by atoms with E-state index in [0.717, 1.165) is 19.3 Å². The third-order valence-corrected chi connectivity index (χ3v) is 7.51. The van der Waals surface area contributed by atoms with E-state index in [2.05, 4.69) is 17.8 Å². The van der Waals surface area contributed by atoms with E-state index < -0.39 is 33.4 Å². The highest BCUT2D eigenvalue weighted by Gasteiger charge is 2.47. The Morgan fingerprint density at radius 1 is 0.711 bits per heavy atom. The zero-order valence-corrected chi connectivity index (χ0v) is 24.5. The van der Waals surface area contributed by atoms with E-state index in [9.17, 15) is 18.0 Å². The lowest BCUT2D eigenvalue weighted by Crippen LogP contribution is -2.49. The van der Waals surface area contributed by atoms with Crippen LogP contribution in [0.4, 0.5) is 0 Å². The van der Waals surface area contributed by atoms with Gasteiger partial charge in [0.1, 0.15) is 0 Å². The van der Waals surface area contributed by atoms with E-state index in [1.54, 1.807) is 6.92 Å². The molecule has 0 aromatic heterocycles. The third-order valence-electron chi connectivity index (χ3n) is 6.24. The maximum absolute atomic E-state index is 12.6. The van der Waals surface area contributed by atoms with Gasteiger partial charge in [-0.15, -0.1) is 10.9 Å². The van der Waals surface area contributed by atoms with Crippen LogP contribution in [0.15, 0.2) is 12.7 Å². The summed E-state index contributed by atoms with van der Waals surface area (Å²) in [5.74, 6) is -2.32. The summed E-state index contributed by atoms with van der Waals surface area (Å²) >= 11 is 0. The van der Waals surface area contributed by atoms with E-state index in [1.807, 2.05) is 0 Å². The molecule has 0 rings (SSSR count). The SMILES string of the molecule is C=CCOC(C(=O)OCCCCCCCCCCCCCCCCCC)C(C(=O)OCCC)S(=O)(=O)OO. The summed E-state index contributed by atoms with van der Waals surface area (Å²) in [7, 11) is -4.91. The van der Waals surface area contributed by atoms with Crippen molar-refractivity contribution in [1.82, 2.24) is 0 Å². The van der Waals surface area contributed by atoms with Crippen molar-refractivity contribution in [1.29, 1.82) is 0 Å². The molecule has 0 aliphatic carbocycles. The van der Waals surface area contributed by atoms with E-state index >= 15 is 0 Å². The molecule has 0 aromatic rings. The summed E-state index contributed by atoms with van der Waals surface area (Å²) in [6.07, 6.45) is 19.3. The average Bonchev–Trinajstić information content (AvgIpc) is 2.91. The van der Waals surface area contributed by atoms with Crippen molar-refractivity contribution < 1.29 is 41.8 Å². The van der Waals surface area contributed by atoms with Gasteiger partial charge in [0.05, 0.1) is 19.8 Å². The Hall–Kier alpha value is -1.49. The summed E-state index contributed by atoms with van der Waals surface area (Å²) in [6, 6.07) is 0. The van der Waals surface area contributed by atoms with Gasteiger partial charge in [0, 0.05) is 0 Å². The molecule has 9 nitrogen and oxygen atoms in total. The minimum Gasteiger partial charge on any atom is -0.465 e. The normalized spacial score (nSPS) is 13.1. The van der Waals surface area contributed by atoms with E-state index in [4.69, 9.17) is 19.5 Å². The lowest BCUT2D eigenvalue weighted by molar-refractivity contribution is -0.165. The first kappa shape index (κ1) is 36.5. The van der Waals surface area contributed by atoms with E-state index in [0.29, 0.717) is 12.8 Å². The zero-order valence-electron chi connectivity index (χ0n) is 23.7. The second-order valence-corrected chi connectivity index (χ2v) is 11.3. The number of esters is 2. The van der Waals surface area contributed by atoms with Gasteiger partial charge >= 0.3 is 22.1 Å². The summed E-state index contributed by atoms with van der Waals surface area (Å²) in [4.78, 5) is 24.9. The zero-order chi connectivity index (χ0) is 28.5. The van der Waals surface area contributed by atoms with Gasteiger partial charge in [0.15, 0.2) is 6.10 Å². The monoisotopic (exact) mass is 564 g/mol. The molecule has 0 aliphatic rings. The Morgan fingerprint density at radius 3 is 1.58 bits per heavy atom. The van der Waals surface area contributed by atoms with Crippen molar-refractivity contribution in [2.45, 2.75) is 134 Å². The van der Waals surface area contributed by atoms with Crippen LogP contribution in [0.3, 0.4) is 0 Å². The molecular weight excluding hydrogens is 512 g/mol. The van der Waals surface area contributed by atoms with Crippen LogP contribution < -0.4 is 0 Å². The smallest absolute Gasteiger partial charge is 0.337 e. The first-order valence-electron chi connectivity index (χ1n) is 14.5. The molecule has 0 amide bonds. The van der Waals surface area contributed by atoms with Gasteiger partial charge in [-0.1, -0.05) is 116 Å². The molecule has 224 valence electrons. The van der Waals surface area contributed by atoms with Gasteiger partial charge in [0.2, 0.25) is 5.25 Å². The molecule has 0 fully saturated rings. The predicted octanol–water partition coefficient (Wildman–Crippen LogP) is 6.50. The van der Waals surface area contributed by atoms with Crippen molar-refractivity contribution >= 4 is 22.1 Å². The number of hydrogen-bond acceptors (Lipinski definition) is 9. The van der Waals surface area contributed by atoms with Crippen LogP contribution in [-0.4, -0.2) is 56.8 Å². The predicted molar refractivity (Wildman–Crippen MR) is 148 cm³/mol. The molecule has 38 heavy (non-hydrogen) atoms. The fourth-order valence-electron chi connectivity index (χ4n) is 4.08. The molecule has 0 aliphatic heterocycles. The standard InChI is InChI=1S/C28H52O9S/c1-4-7-8-9-10-11-12-13-14-15-16-17-18-19-20-21-24-36-27(29)25(34-22-5-2)26(38(32,33)37-31)28(30)35-23-6-3/h5,25-26,31H,2,4,6-24H2,1,3H3. The highest BCUT2D eigenvalue weighted by atomic mass is 32.2. The Balaban J connectivity index is 4.21. The molecular formula is C28H52O9S. The number of rotatable bonds is 27. The summed E-state index contributed by atoms with van der Waals surface area (Å²) in [5.41, 5.74) is 0. The maximum Gasteiger partial charge on any atom is 0.337 e. The number of carbonyl (C=O) groups excluding carboxylic acids is 2. The van der Waals surface area contributed by atoms with Crippen LogP contribution in [0.5, 0.6) is 0 Å². The van der Waals surface area contributed by atoms with Gasteiger partial charge in [-0.2, -0.15) is 8.42 Å². The Morgan fingerprint density at radius 2 is 1.16 bits per heavy atom. The highest BCUT2D eigenvalue weighted by Crippen LogP contribution is 2.17. The Labute approximate surface area is 230 Å². The van der Waals surface area contributed by atoms with E-state index in [1.165, 1.54) is 83.1 Å². The molecule has 2 atom stereocenters. The molecule has 0 spiro atoms. The van der Waals surface area contributed by atoms with Gasteiger partial charge in [-0.05, 0) is 12.8 Å². The topological polar surface area (TPSA) is 125 Å². The molecule has 0 saturated heterocycles. The second kappa shape index (κ2) is 24.5. The lowest BCUT2D eigenvalue weighted by Gasteiger charge is -2.22. The first-order chi connectivity index (χ1) is 18.4. The fraction of sp³-hybridized carbons (Fsp3) is 0.857. The Kier molecular flexibility index (Phi) is 23.6. The number of ether oxygens (including phenoxy) is 3. The molecule has 2 unspecified atom stereocenters. The third kappa shape index (κ3) is 17.9. The second-order valence-electron chi connectivity index (χ2n) is 9.67. The quantitative estimate of drug-likeness (QED) is 0.0391. The number of unbranched alkanes of at least 4 members (excludes halogenated alkanes) is 15. The average molecular weight is 565 g/mol. The highest BCUT2D eigenvalue weighted by molar-refractivity contribution is 7.88. The van der Waals surface area contributed by atoms with Crippen LogP contribution in [0.25, 0.3) is 0 Å². The minimum absolute atomic E-state index is 0.0575. The summed E-state index contributed by atoms with van der Waals surface area (Å²) in [5, 5.41) is 6.58. The molecule has 0 aromatic carbocycles. The maximum atomic E-state index is 12.6. The van der Waals surface area contributed by atoms with Crippen molar-refractivity contribution in [2.24, 2.45) is 0 Å². The van der Waals surface area contributed by atoms with Gasteiger partial charge in [0.25, 0.3) is 0 Å². The summed E-state index contributed by atoms with van der Waals surface area (Å²) in [6.45, 7) is 7.18. The van der Waals surface area contributed by atoms with Gasteiger partial charge in [-0.3, -0.25) is 4.79 Å². The number of carbonyl (C=O) groups is 2. The molecule has 0 heterocycles. The van der Waals surface area contributed by atoms with Crippen LogP contribution in [0, 0.1) is 0 Å². The fourth-order valence-corrected chi connectivity index (χ4v) is 4.97. The van der Waals surface area contributed by atoms with Gasteiger partial charge < -0.3 is 14.2 Å². The van der Waals surface area contributed by atoms with Crippen molar-refractivity contribution in [3.05, 3.63) is 12.7 Å². The van der Waals surface area contributed by atoms with Crippen molar-refractivity contribution in [3.63, 3.8) is 0 Å². The van der Waals surface area contributed by atoms with Crippen LogP contribution in [-0.2, 0) is 38.3 Å². The molecule has 0 bridgehead atoms. The lowest BCUT2D eigenvalue weighted by atomic mass is 10.0. The van der Waals surface area contributed by atoms with Crippen molar-refractivity contribution in [3.8, 4) is 0 Å². The molecule has 1 N–H and O–H groups in total. The van der Waals surface area contributed by atoms with E-state index in [-0.39, 0.29) is 19.8 Å². The number of hydrogen-bond donors (Lipinski definition) is 1. The molecule has 0 saturated carbocycles.